The monoisotopic (exact) mass is 368 g/mol. The Bertz CT molecular complexity index is 758. The number of amides is 1. The van der Waals surface area contributed by atoms with Crippen molar-refractivity contribution in [2.75, 3.05) is 49.6 Å². The molecule has 2 aromatic heterocycles. The molecule has 0 bridgehead atoms. The van der Waals surface area contributed by atoms with E-state index in [0.29, 0.717) is 11.6 Å². The largest absolute Gasteiger partial charge is 0.353 e. The summed E-state index contributed by atoms with van der Waals surface area (Å²) in [5, 5.41) is 0. The molecule has 0 unspecified atom stereocenters. The van der Waals surface area contributed by atoms with Crippen molar-refractivity contribution < 1.29 is 4.79 Å². The number of pyridine rings is 1. The van der Waals surface area contributed by atoms with Crippen molar-refractivity contribution in [2.24, 2.45) is 0 Å². The molecule has 0 atom stereocenters. The average Bonchev–Trinajstić information content (AvgIpc) is 2.71. The topological polar surface area (TPSA) is 65.5 Å². The van der Waals surface area contributed by atoms with Crippen molar-refractivity contribution in [3.8, 4) is 0 Å². The van der Waals surface area contributed by atoms with E-state index >= 15 is 0 Å². The highest BCUT2D eigenvalue weighted by molar-refractivity contribution is 5.92. The molecule has 0 aliphatic carbocycles. The fraction of sp³-hybridized carbons (Fsp3) is 0.500. The second kappa shape index (κ2) is 8.79. The molecule has 7 nitrogen and oxygen atoms in total. The second-order valence-corrected chi connectivity index (χ2v) is 6.94. The Morgan fingerprint density at radius 3 is 2.56 bits per heavy atom. The molecule has 144 valence electrons. The summed E-state index contributed by atoms with van der Waals surface area (Å²) in [6.45, 7) is 8.10. The van der Waals surface area contributed by atoms with Gasteiger partial charge >= 0.3 is 0 Å². The number of hydrogen-bond acceptors (Lipinski definition) is 6. The lowest BCUT2D eigenvalue weighted by Gasteiger charge is -2.35. The lowest BCUT2D eigenvalue weighted by atomic mass is 10.2. The molecule has 1 fully saturated rings. The van der Waals surface area contributed by atoms with Crippen LogP contribution in [0.4, 0.5) is 11.8 Å². The third kappa shape index (κ3) is 4.72. The molecule has 1 aliphatic rings. The Kier molecular flexibility index (Phi) is 6.21. The van der Waals surface area contributed by atoms with E-state index in [2.05, 4.69) is 31.7 Å². The van der Waals surface area contributed by atoms with Gasteiger partial charge in [-0.2, -0.15) is 0 Å². The Hall–Kier alpha value is -2.70. The van der Waals surface area contributed by atoms with Gasteiger partial charge in [-0.05, 0) is 31.5 Å². The number of aryl methyl sites for hydroxylation is 1. The van der Waals surface area contributed by atoms with Crippen molar-refractivity contribution in [1.82, 2.24) is 19.9 Å². The first kappa shape index (κ1) is 19.1. The van der Waals surface area contributed by atoms with E-state index in [1.54, 1.807) is 11.0 Å². The van der Waals surface area contributed by atoms with Gasteiger partial charge in [-0.15, -0.1) is 0 Å². The van der Waals surface area contributed by atoms with E-state index in [-0.39, 0.29) is 5.91 Å². The van der Waals surface area contributed by atoms with Gasteiger partial charge in [-0.1, -0.05) is 19.4 Å². The SMILES string of the molecule is CCCCN(C)C(=O)c1cc(C)nc(N2CCN(c3ccccn3)CC2)n1. The van der Waals surface area contributed by atoms with Gasteiger partial charge < -0.3 is 14.7 Å². The third-order valence-electron chi connectivity index (χ3n) is 4.79. The molecule has 0 radical (unpaired) electrons. The lowest BCUT2D eigenvalue weighted by molar-refractivity contribution is 0.0787. The average molecular weight is 368 g/mol. The highest BCUT2D eigenvalue weighted by Crippen LogP contribution is 2.17. The summed E-state index contributed by atoms with van der Waals surface area (Å²) in [7, 11) is 1.83. The van der Waals surface area contributed by atoms with Gasteiger partial charge in [0.25, 0.3) is 5.91 Å². The molecule has 0 N–H and O–H groups in total. The van der Waals surface area contributed by atoms with Crippen LogP contribution in [0.2, 0.25) is 0 Å². The molecule has 1 saturated heterocycles. The first-order chi connectivity index (χ1) is 13.1. The second-order valence-electron chi connectivity index (χ2n) is 6.94. The summed E-state index contributed by atoms with van der Waals surface area (Å²) >= 11 is 0. The van der Waals surface area contributed by atoms with Crippen LogP contribution < -0.4 is 9.80 Å². The molecule has 0 aromatic carbocycles. The van der Waals surface area contributed by atoms with Crippen LogP contribution in [-0.2, 0) is 0 Å². The third-order valence-corrected chi connectivity index (χ3v) is 4.79. The highest BCUT2D eigenvalue weighted by Gasteiger charge is 2.22. The minimum absolute atomic E-state index is 0.0395. The standard InChI is InChI=1S/C20H28N6O/c1-4-5-10-24(3)19(27)17-15-16(2)22-20(23-17)26-13-11-25(12-14-26)18-8-6-7-9-21-18/h6-9,15H,4-5,10-14H2,1-3H3. The van der Waals surface area contributed by atoms with Crippen LogP contribution in [0, 0.1) is 6.92 Å². The number of unbranched alkanes of at least 4 members (excludes halogenated alkanes) is 1. The number of carbonyl (C=O) groups excluding carboxylic acids is 1. The molecule has 3 rings (SSSR count). The molecule has 1 aliphatic heterocycles. The normalized spacial score (nSPS) is 14.3. The number of piperazine rings is 1. The first-order valence-electron chi connectivity index (χ1n) is 9.60. The molecular weight excluding hydrogens is 340 g/mol. The van der Waals surface area contributed by atoms with E-state index in [1.807, 2.05) is 38.4 Å². The van der Waals surface area contributed by atoms with Crippen molar-refractivity contribution >= 4 is 17.7 Å². The van der Waals surface area contributed by atoms with Crippen LogP contribution in [0.25, 0.3) is 0 Å². The van der Waals surface area contributed by atoms with Gasteiger partial charge in [0.2, 0.25) is 5.95 Å². The van der Waals surface area contributed by atoms with E-state index in [4.69, 9.17) is 0 Å². The highest BCUT2D eigenvalue weighted by atomic mass is 16.2. The summed E-state index contributed by atoms with van der Waals surface area (Å²) < 4.78 is 0. The van der Waals surface area contributed by atoms with Crippen molar-refractivity contribution in [3.05, 3.63) is 41.9 Å². The Morgan fingerprint density at radius 2 is 1.89 bits per heavy atom. The predicted molar refractivity (Wildman–Crippen MR) is 107 cm³/mol. The van der Waals surface area contributed by atoms with E-state index < -0.39 is 0 Å². The minimum atomic E-state index is -0.0395. The maximum absolute atomic E-state index is 12.7. The van der Waals surface area contributed by atoms with E-state index in [0.717, 1.165) is 57.1 Å². The van der Waals surface area contributed by atoms with Crippen molar-refractivity contribution in [3.63, 3.8) is 0 Å². The first-order valence-corrected chi connectivity index (χ1v) is 9.60. The zero-order valence-electron chi connectivity index (χ0n) is 16.4. The van der Waals surface area contributed by atoms with Crippen LogP contribution in [0.1, 0.15) is 35.9 Å². The molecule has 3 heterocycles. The van der Waals surface area contributed by atoms with Crippen LogP contribution >= 0.6 is 0 Å². The van der Waals surface area contributed by atoms with E-state index in [1.165, 1.54) is 0 Å². The van der Waals surface area contributed by atoms with Gasteiger partial charge in [0, 0.05) is 51.7 Å². The van der Waals surface area contributed by atoms with Gasteiger partial charge in [-0.3, -0.25) is 4.79 Å². The molecule has 0 saturated carbocycles. The van der Waals surface area contributed by atoms with E-state index in [9.17, 15) is 4.79 Å². The van der Waals surface area contributed by atoms with Gasteiger partial charge in [0.05, 0.1) is 0 Å². The maximum atomic E-state index is 12.7. The number of carbonyl (C=O) groups is 1. The van der Waals surface area contributed by atoms with Crippen LogP contribution in [0.3, 0.4) is 0 Å². The molecule has 7 heteroatoms. The smallest absolute Gasteiger partial charge is 0.272 e. The van der Waals surface area contributed by atoms with Crippen molar-refractivity contribution in [1.29, 1.82) is 0 Å². The van der Waals surface area contributed by atoms with Crippen LogP contribution in [0.5, 0.6) is 0 Å². The summed E-state index contributed by atoms with van der Waals surface area (Å²) in [5.74, 6) is 1.60. The molecule has 2 aromatic rings. The predicted octanol–water partition coefficient (Wildman–Crippen LogP) is 2.38. The Labute approximate surface area is 161 Å². The quantitative estimate of drug-likeness (QED) is 0.780. The Morgan fingerprint density at radius 1 is 1.15 bits per heavy atom. The summed E-state index contributed by atoms with van der Waals surface area (Å²) in [5.41, 5.74) is 1.29. The number of hydrogen-bond donors (Lipinski definition) is 0. The summed E-state index contributed by atoms with van der Waals surface area (Å²) in [4.78, 5) is 32.4. The maximum Gasteiger partial charge on any atom is 0.272 e. The van der Waals surface area contributed by atoms with Gasteiger partial charge in [0.1, 0.15) is 11.5 Å². The molecule has 1 amide bonds. The summed E-state index contributed by atoms with van der Waals surface area (Å²) in [6.07, 6.45) is 3.87. The summed E-state index contributed by atoms with van der Waals surface area (Å²) in [6, 6.07) is 7.74. The molecular formula is C20H28N6O. The lowest BCUT2D eigenvalue weighted by Crippen LogP contribution is -2.47. The zero-order chi connectivity index (χ0) is 19.2. The number of aromatic nitrogens is 3. The zero-order valence-corrected chi connectivity index (χ0v) is 16.4. The number of anilines is 2. The van der Waals surface area contributed by atoms with Gasteiger partial charge in [-0.25, -0.2) is 15.0 Å². The number of nitrogens with zero attached hydrogens (tertiary/aromatic N) is 6. The molecule has 27 heavy (non-hydrogen) atoms. The van der Waals surface area contributed by atoms with Crippen LogP contribution in [-0.4, -0.2) is 65.5 Å². The fourth-order valence-corrected chi connectivity index (χ4v) is 3.17. The van der Waals surface area contributed by atoms with Gasteiger partial charge in [0.15, 0.2) is 0 Å². The van der Waals surface area contributed by atoms with Crippen molar-refractivity contribution in [2.45, 2.75) is 26.7 Å². The molecule has 0 spiro atoms. The minimum Gasteiger partial charge on any atom is -0.353 e. The van der Waals surface area contributed by atoms with Crippen LogP contribution in [0.15, 0.2) is 30.5 Å². The fourth-order valence-electron chi connectivity index (χ4n) is 3.17. The Balaban J connectivity index is 1.69. The number of rotatable bonds is 6.